The summed E-state index contributed by atoms with van der Waals surface area (Å²) in [6.07, 6.45) is 2.16. The van der Waals surface area contributed by atoms with Crippen molar-refractivity contribution in [1.82, 2.24) is 4.90 Å². The van der Waals surface area contributed by atoms with Crippen LogP contribution in [-0.2, 0) is 6.42 Å². The van der Waals surface area contributed by atoms with Gasteiger partial charge in [0.15, 0.2) is 0 Å². The SMILES string of the molecule is CC1CC2c3oc4ccc(C(N)=O)cc4c3CCN(C1)C2C(C)C. The lowest BCUT2D eigenvalue weighted by Gasteiger charge is -2.44. The van der Waals surface area contributed by atoms with E-state index >= 15 is 0 Å². The maximum atomic E-state index is 11.6. The molecule has 4 unspecified atom stereocenters. The van der Waals surface area contributed by atoms with E-state index in [-0.39, 0.29) is 5.91 Å². The van der Waals surface area contributed by atoms with Crippen LogP contribution in [0.5, 0.6) is 0 Å². The number of rotatable bonds is 2. The second-order valence-electron chi connectivity index (χ2n) is 7.95. The molecule has 1 aromatic heterocycles. The molecular weight excluding hydrogens is 300 g/mol. The Kier molecular flexibility index (Phi) is 3.68. The van der Waals surface area contributed by atoms with E-state index in [2.05, 4.69) is 25.7 Å². The molecule has 4 nitrogen and oxygen atoms in total. The fourth-order valence-electron chi connectivity index (χ4n) is 4.95. The number of carbonyl (C=O) groups is 1. The van der Waals surface area contributed by atoms with Crippen LogP contribution in [0.15, 0.2) is 22.6 Å². The van der Waals surface area contributed by atoms with E-state index < -0.39 is 0 Å². The highest BCUT2D eigenvalue weighted by Crippen LogP contribution is 2.45. The number of amides is 1. The Hall–Kier alpha value is -1.81. The molecule has 1 amide bonds. The molecule has 4 heteroatoms. The fourth-order valence-corrected chi connectivity index (χ4v) is 4.95. The van der Waals surface area contributed by atoms with Gasteiger partial charge < -0.3 is 10.2 Å². The molecule has 0 radical (unpaired) electrons. The lowest BCUT2D eigenvalue weighted by molar-refractivity contribution is 0.0640. The van der Waals surface area contributed by atoms with Crippen LogP contribution in [0.3, 0.4) is 0 Å². The van der Waals surface area contributed by atoms with E-state index in [1.165, 1.54) is 18.5 Å². The van der Waals surface area contributed by atoms with E-state index in [4.69, 9.17) is 10.2 Å². The lowest BCUT2D eigenvalue weighted by Crippen LogP contribution is -2.49. The molecule has 0 aliphatic carbocycles. The predicted molar refractivity (Wildman–Crippen MR) is 95.2 cm³/mol. The van der Waals surface area contributed by atoms with E-state index in [9.17, 15) is 4.79 Å². The number of hydrogen-bond acceptors (Lipinski definition) is 3. The standard InChI is InChI=1S/C20H26N2O2/c1-11(2)18-16-8-12(3)10-22(18)7-6-14-15-9-13(20(21)23)4-5-17(15)24-19(14)16/h4-5,9,11-12,16,18H,6-8,10H2,1-3H3,(H2,21,23). The highest BCUT2D eigenvalue weighted by Gasteiger charge is 2.42. The monoisotopic (exact) mass is 326 g/mol. The number of nitrogens with two attached hydrogens (primary N) is 1. The molecule has 2 aromatic rings. The number of hydrogen-bond donors (Lipinski definition) is 1. The number of carbonyl (C=O) groups excluding carboxylic acids is 1. The molecule has 4 rings (SSSR count). The zero-order valence-corrected chi connectivity index (χ0v) is 14.7. The molecule has 4 atom stereocenters. The Morgan fingerprint density at radius 3 is 2.88 bits per heavy atom. The second-order valence-corrected chi connectivity index (χ2v) is 7.95. The molecule has 2 aliphatic rings. The minimum Gasteiger partial charge on any atom is -0.460 e. The number of furan rings is 1. The summed E-state index contributed by atoms with van der Waals surface area (Å²) in [4.78, 5) is 14.2. The number of piperidine rings is 1. The molecular formula is C20H26N2O2. The Bertz CT molecular complexity index is 792. The van der Waals surface area contributed by atoms with Gasteiger partial charge in [-0.25, -0.2) is 0 Å². The smallest absolute Gasteiger partial charge is 0.248 e. The van der Waals surface area contributed by atoms with Gasteiger partial charge in [-0.05, 0) is 42.9 Å². The molecule has 2 aliphatic heterocycles. The van der Waals surface area contributed by atoms with Crippen molar-refractivity contribution in [1.29, 1.82) is 0 Å². The van der Waals surface area contributed by atoms with Gasteiger partial charge in [-0.15, -0.1) is 0 Å². The van der Waals surface area contributed by atoms with Crippen LogP contribution in [-0.4, -0.2) is 29.9 Å². The zero-order chi connectivity index (χ0) is 17.0. The highest BCUT2D eigenvalue weighted by atomic mass is 16.3. The van der Waals surface area contributed by atoms with E-state index in [1.807, 2.05) is 12.1 Å². The molecule has 0 spiro atoms. The lowest BCUT2D eigenvalue weighted by atomic mass is 9.78. The van der Waals surface area contributed by atoms with Crippen molar-refractivity contribution in [2.75, 3.05) is 13.1 Å². The molecule has 1 saturated heterocycles. The Morgan fingerprint density at radius 1 is 1.38 bits per heavy atom. The number of fused-ring (bicyclic) bond motifs is 6. The van der Waals surface area contributed by atoms with Crippen LogP contribution in [0.2, 0.25) is 0 Å². The Labute approximate surface area is 143 Å². The number of benzene rings is 1. The molecule has 3 heterocycles. The molecule has 24 heavy (non-hydrogen) atoms. The summed E-state index contributed by atoms with van der Waals surface area (Å²) in [5.41, 5.74) is 8.21. The van der Waals surface area contributed by atoms with Crippen LogP contribution in [0.25, 0.3) is 11.0 Å². The van der Waals surface area contributed by atoms with Crippen LogP contribution in [0.4, 0.5) is 0 Å². The van der Waals surface area contributed by atoms with Gasteiger partial charge in [-0.1, -0.05) is 20.8 Å². The first-order valence-corrected chi connectivity index (χ1v) is 9.05. The second kappa shape index (κ2) is 5.62. The summed E-state index contributed by atoms with van der Waals surface area (Å²) in [5.74, 6) is 2.50. The van der Waals surface area contributed by atoms with Crippen molar-refractivity contribution in [3.8, 4) is 0 Å². The number of primary amides is 1. The first kappa shape index (κ1) is 15.7. The largest absolute Gasteiger partial charge is 0.460 e. The van der Waals surface area contributed by atoms with Crippen molar-refractivity contribution >= 4 is 16.9 Å². The van der Waals surface area contributed by atoms with Crippen LogP contribution < -0.4 is 5.73 Å². The fraction of sp³-hybridized carbons (Fsp3) is 0.550. The van der Waals surface area contributed by atoms with Crippen molar-refractivity contribution in [2.24, 2.45) is 17.6 Å². The molecule has 1 fully saturated rings. The van der Waals surface area contributed by atoms with Crippen molar-refractivity contribution in [3.05, 3.63) is 35.1 Å². The zero-order valence-electron chi connectivity index (χ0n) is 14.7. The van der Waals surface area contributed by atoms with Gasteiger partial charge in [0.25, 0.3) is 0 Å². The summed E-state index contributed by atoms with van der Waals surface area (Å²) >= 11 is 0. The van der Waals surface area contributed by atoms with Gasteiger partial charge in [0.2, 0.25) is 5.91 Å². The van der Waals surface area contributed by atoms with Crippen LogP contribution >= 0.6 is 0 Å². The maximum Gasteiger partial charge on any atom is 0.248 e. The third kappa shape index (κ3) is 2.35. The molecule has 1 aromatic carbocycles. The van der Waals surface area contributed by atoms with E-state index in [0.717, 1.165) is 29.7 Å². The molecule has 2 bridgehead atoms. The quantitative estimate of drug-likeness (QED) is 0.918. The topological polar surface area (TPSA) is 59.5 Å². The van der Waals surface area contributed by atoms with Gasteiger partial charge in [0.05, 0.1) is 0 Å². The van der Waals surface area contributed by atoms with E-state index in [0.29, 0.717) is 29.4 Å². The summed E-state index contributed by atoms with van der Waals surface area (Å²) < 4.78 is 6.34. The predicted octanol–water partition coefficient (Wildman–Crippen LogP) is 3.54. The van der Waals surface area contributed by atoms with Crippen LogP contribution in [0, 0.1) is 11.8 Å². The minimum absolute atomic E-state index is 0.378. The Balaban J connectivity index is 1.88. The summed E-state index contributed by atoms with van der Waals surface area (Å²) in [6.45, 7) is 9.22. The van der Waals surface area contributed by atoms with Crippen molar-refractivity contribution in [3.63, 3.8) is 0 Å². The van der Waals surface area contributed by atoms with Gasteiger partial charge in [0, 0.05) is 41.6 Å². The van der Waals surface area contributed by atoms with Gasteiger partial charge >= 0.3 is 0 Å². The third-order valence-corrected chi connectivity index (χ3v) is 5.81. The van der Waals surface area contributed by atoms with E-state index in [1.54, 1.807) is 6.07 Å². The normalized spacial score (nSPS) is 29.5. The van der Waals surface area contributed by atoms with Crippen LogP contribution in [0.1, 0.15) is 54.8 Å². The maximum absolute atomic E-state index is 11.6. The Morgan fingerprint density at radius 2 is 2.17 bits per heavy atom. The summed E-state index contributed by atoms with van der Waals surface area (Å²) in [7, 11) is 0. The van der Waals surface area contributed by atoms with Gasteiger partial charge in [0.1, 0.15) is 11.3 Å². The first-order valence-electron chi connectivity index (χ1n) is 9.05. The highest BCUT2D eigenvalue weighted by molar-refractivity contribution is 5.97. The summed E-state index contributed by atoms with van der Waals surface area (Å²) in [6, 6.07) is 6.12. The first-order chi connectivity index (χ1) is 11.5. The molecule has 2 N–H and O–H groups in total. The van der Waals surface area contributed by atoms with Gasteiger partial charge in [-0.3, -0.25) is 9.69 Å². The minimum atomic E-state index is -0.378. The van der Waals surface area contributed by atoms with Crippen molar-refractivity contribution in [2.45, 2.75) is 45.6 Å². The molecule has 0 saturated carbocycles. The average Bonchev–Trinajstić information content (AvgIpc) is 2.84. The number of nitrogens with zero attached hydrogens (tertiary/aromatic N) is 1. The van der Waals surface area contributed by atoms with Crippen molar-refractivity contribution < 1.29 is 9.21 Å². The summed E-state index contributed by atoms with van der Waals surface area (Å²) in [5, 5.41) is 1.07. The molecule has 128 valence electrons. The average molecular weight is 326 g/mol. The van der Waals surface area contributed by atoms with Gasteiger partial charge in [-0.2, -0.15) is 0 Å². The third-order valence-electron chi connectivity index (χ3n) is 5.81.